The molecule has 0 N–H and O–H groups in total. The molecule has 0 unspecified atom stereocenters. The maximum absolute atomic E-state index is 14.1. The summed E-state index contributed by atoms with van der Waals surface area (Å²) in [7, 11) is 0. The molecule has 3 aromatic heterocycles. The molecule has 5 heteroatoms. The number of hydrogen-bond acceptors (Lipinski definition) is 3. The fourth-order valence-corrected chi connectivity index (χ4v) is 6.11. The van der Waals surface area contributed by atoms with Crippen molar-refractivity contribution in [3.63, 3.8) is 0 Å². The minimum atomic E-state index is -0.0161. The van der Waals surface area contributed by atoms with E-state index in [1.54, 1.807) is 0 Å². The SMILES string of the molecule is N#Cc1ccc2c3cc4c(=O)c5ccccc5n(-c5ccccc5)c4c4c5ccc(C#N)cc5n(c2c1)c34. The highest BCUT2D eigenvalue weighted by Crippen LogP contribution is 2.44. The van der Waals surface area contributed by atoms with Crippen LogP contribution >= 0.6 is 0 Å². The van der Waals surface area contributed by atoms with E-state index in [9.17, 15) is 15.3 Å². The number of para-hydroxylation sites is 2. The average molecular weight is 485 g/mol. The second-order valence-electron chi connectivity index (χ2n) is 9.58. The Labute approximate surface area is 215 Å². The molecular weight excluding hydrogens is 468 g/mol. The molecule has 0 atom stereocenters. The van der Waals surface area contributed by atoms with Gasteiger partial charge in [-0.3, -0.25) is 4.79 Å². The molecule has 0 bridgehead atoms. The zero-order chi connectivity index (χ0) is 25.5. The Balaban J connectivity index is 1.78. The Morgan fingerprint density at radius 1 is 0.553 bits per heavy atom. The first kappa shape index (κ1) is 20.5. The zero-order valence-corrected chi connectivity index (χ0v) is 19.9. The monoisotopic (exact) mass is 484 g/mol. The van der Waals surface area contributed by atoms with Crippen molar-refractivity contribution in [3.8, 4) is 17.8 Å². The molecule has 0 aliphatic carbocycles. The summed E-state index contributed by atoms with van der Waals surface area (Å²) in [6, 6.07) is 35.7. The first-order chi connectivity index (χ1) is 18.7. The van der Waals surface area contributed by atoms with Crippen molar-refractivity contribution in [2.45, 2.75) is 0 Å². The number of nitriles is 2. The Kier molecular flexibility index (Phi) is 3.89. The lowest BCUT2D eigenvalue weighted by Crippen LogP contribution is -2.10. The molecular formula is C33H16N4O. The third-order valence-corrected chi connectivity index (χ3v) is 7.66. The van der Waals surface area contributed by atoms with E-state index < -0.39 is 0 Å². The quantitative estimate of drug-likeness (QED) is 0.235. The minimum Gasteiger partial charge on any atom is -0.308 e. The smallest absolute Gasteiger partial charge is 0.197 e. The number of aromatic nitrogens is 2. The van der Waals surface area contributed by atoms with Gasteiger partial charge in [0.15, 0.2) is 5.43 Å². The predicted molar refractivity (Wildman–Crippen MR) is 151 cm³/mol. The van der Waals surface area contributed by atoms with Crippen LogP contribution < -0.4 is 5.43 Å². The summed E-state index contributed by atoms with van der Waals surface area (Å²) in [4.78, 5) is 14.1. The summed E-state index contributed by atoms with van der Waals surface area (Å²) in [5.41, 5.74) is 6.46. The molecule has 0 saturated carbocycles. The summed E-state index contributed by atoms with van der Waals surface area (Å²) in [6.07, 6.45) is 0. The summed E-state index contributed by atoms with van der Waals surface area (Å²) in [5.74, 6) is 0. The third kappa shape index (κ3) is 2.45. The van der Waals surface area contributed by atoms with Crippen molar-refractivity contribution in [2.24, 2.45) is 0 Å². The van der Waals surface area contributed by atoms with Gasteiger partial charge in [-0.15, -0.1) is 0 Å². The van der Waals surface area contributed by atoms with Crippen LogP contribution in [0.25, 0.3) is 65.6 Å². The van der Waals surface area contributed by atoms with Gasteiger partial charge in [-0.2, -0.15) is 10.5 Å². The van der Waals surface area contributed by atoms with Gasteiger partial charge < -0.3 is 8.97 Å². The Bertz CT molecular complexity index is 2430. The summed E-state index contributed by atoms with van der Waals surface area (Å²) in [6.45, 7) is 0. The Hall–Kier alpha value is -5.65. The summed E-state index contributed by atoms with van der Waals surface area (Å²) < 4.78 is 4.32. The second kappa shape index (κ2) is 7.20. The molecule has 0 aliphatic rings. The number of nitrogens with zero attached hydrogens (tertiary/aromatic N) is 4. The maximum Gasteiger partial charge on any atom is 0.197 e. The highest BCUT2D eigenvalue weighted by Gasteiger charge is 2.24. The molecule has 3 heterocycles. The standard InChI is InChI=1S/C33H16N4O/c34-17-19-10-12-22-25-16-26-32(30-23-13-11-20(18-35)15-29(23)37(31(25)30)28(22)14-19)36(21-6-2-1-3-7-21)27-9-5-4-8-24(27)33(26)38/h1-16H. The average Bonchev–Trinajstić information content (AvgIpc) is 3.48. The number of hydrogen-bond donors (Lipinski definition) is 0. The van der Waals surface area contributed by atoms with Crippen LogP contribution in [0.5, 0.6) is 0 Å². The van der Waals surface area contributed by atoms with E-state index in [4.69, 9.17) is 0 Å². The van der Waals surface area contributed by atoms with Gasteiger partial charge in [-0.05, 0) is 54.6 Å². The fourth-order valence-electron chi connectivity index (χ4n) is 6.11. The van der Waals surface area contributed by atoms with Gasteiger partial charge in [0.05, 0.1) is 50.8 Å². The minimum absolute atomic E-state index is 0.0161. The van der Waals surface area contributed by atoms with Crippen molar-refractivity contribution < 1.29 is 0 Å². The van der Waals surface area contributed by atoms with Gasteiger partial charge in [0, 0.05) is 38.0 Å². The van der Waals surface area contributed by atoms with Gasteiger partial charge in [-0.25, -0.2) is 0 Å². The molecule has 8 aromatic rings. The van der Waals surface area contributed by atoms with Gasteiger partial charge in [0.2, 0.25) is 0 Å². The molecule has 174 valence electrons. The second-order valence-corrected chi connectivity index (χ2v) is 9.58. The molecule has 38 heavy (non-hydrogen) atoms. The number of pyridine rings is 1. The molecule has 0 aliphatic heterocycles. The van der Waals surface area contributed by atoms with Crippen LogP contribution in [0, 0.1) is 22.7 Å². The van der Waals surface area contributed by atoms with Crippen LogP contribution in [0.2, 0.25) is 0 Å². The van der Waals surface area contributed by atoms with Crippen molar-refractivity contribution >= 4 is 59.9 Å². The first-order valence-electron chi connectivity index (χ1n) is 12.3. The number of rotatable bonds is 1. The largest absolute Gasteiger partial charge is 0.308 e. The van der Waals surface area contributed by atoms with Crippen LogP contribution in [-0.4, -0.2) is 8.97 Å². The van der Waals surface area contributed by atoms with E-state index in [2.05, 4.69) is 33.2 Å². The Morgan fingerprint density at radius 3 is 1.95 bits per heavy atom. The number of fused-ring (bicyclic) bond motifs is 9. The predicted octanol–water partition coefficient (Wildman–Crippen LogP) is 7.04. The van der Waals surface area contributed by atoms with E-state index in [-0.39, 0.29) is 5.43 Å². The molecule has 5 nitrogen and oxygen atoms in total. The van der Waals surface area contributed by atoms with Gasteiger partial charge in [-0.1, -0.05) is 42.5 Å². The van der Waals surface area contributed by atoms with Crippen LogP contribution in [0.3, 0.4) is 0 Å². The van der Waals surface area contributed by atoms with Crippen molar-refractivity contribution in [1.29, 1.82) is 10.5 Å². The van der Waals surface area contributed by atoms with Gasteiger partial charge >= 0.3 is 0 Å². The molecule has 0 spiro atoms. The lowest BCUT2D eigenvalue weighted by atomic mass is 10.00. The topological polar surface area (TPSA) is 74.0 Å². The normalized spacial score (nSPS) is 11.7. The zero-order valence-electron chi connectivity index (χ0n) is 19.9. The molecule has 0 radical (unpaired) electrons. The third-order valence-electron chi connectivity index (χ3n) is 7.66. The maximum atomic E-state index is 14.1. The van der Waals surface area contributed by atoms with Crippen molar-refractivity contribution in [2.75, 3.05) is 0 Å². The van der Waals surface area contributed by atoms with Crippen LogP contribution in [0.15, 0.2) is 102 Å². The fraction of sp³-hybridized carbons (Fsp3) is 0. The lowest BCUT2D eigenvalue weighted by Gasteiger charge is -2.17. The number of benzene rings is 5. The molecule has 8 rings (SSSR count). The van der Waals surface area contributed by atoms with Gasteiger partial charge in [0.1, 0.15) is 0 Å². The van der Waals surface area contributed by atoms with Gasteiger partial charge in [0.25, 0.3) is 0 Å². The summed E-state index contributed by atoms with van der Waals surface area (Å²) >= 11 is 0. The highest BCUT2D eigenvalue weighted by molar-refractivity contribution is 6.31. The van der Waals surface area contributed by atoms with Crippen molar-refractivity contribution in [3.05, 3.63) is 118 Å². The highest BCUT2D eigenvalue weighted by atomic mass is 16.1. The first-order valence-corrected chi connectivity index (χ1v) is 12.3. The molecule has 5 aromatic carbocycles. The summed E-state index contributed by atoms with van der Waals surface area (Å²) in [5, 5.41) is 24.5. The van der Waals surface area contributed by atoms with Crippen LogP contribution in [0.4, 0.5) is 0 Å². The van der Waals surface area contributed by atoms with Crippen LogP contribution in [0.1, 0.15) is 11.1 Å². The molecule has 0 fully saturated rings. The van der Waals surface area contributed by atoms with E-state index in [0.29, 0.717) is 21.9 Å². The van der Waals surface area contributed by atoms with E-state index in [1.165, 1.54) is 0 Å². The molecule has 0 saturated heterocycles. The van der Waals surface area contributed by atoms with Crippen LogP contribution in [-0.2, 0) is 0 Å². The van der Waals surface area contributed by atoms with E-state index >= 15 is 0 Å². The molecule has 0 amide bonds. The van der Waals surface area contributed by atoms with Crippen molar-refractivity contribution in [1.82, 2.24) is 8.97 Å². The van der Waals surface area contributed by atoms with E-state index in [1.807, 2.05) is 84.9 Å². The Morgan fingerprint density at radius 2 is 1.21 bits per heavy atom. The van der Waals surface area contributed by atoms with E-state index in [0.717, 1.165) is 54.8 Å². The lowest BCUT2D eigenvalue weighted by molar-refractivity contribution is 1.17.